The Morgan fingerprint density at radius 1 is 0.574 bits per heavy atom. The van der Waals surface area contributed by atoms with Crippen molar-refractivity contribution in [1.29, 1.82) is 0 Å². The minimum absolute atomic E-state index is 0.0281. The molecule has 0 aromatic rings. The molecule has 316 valence electrons. The van der Waals surface area contributed by atoms with Crippen LogP contribution in [0.15, 0.2) is 36.5 Å². The number of rotatable bonds is 39. The first kappa shape index (κ1) is 52.2. The number of hydrogen-bond acceptors (Lipinski definition) is 7. The maximum Gasteiger partial charge on any atom is 0.472 e. The highest BCUT2D eigenvalue weighted by atomic mass is 31.2. The molecule has 1 unspecified atom stereocenters. The lowest BCUT2D eigenvalue weighted by molar-refractivity contribution is -0.870. The predicted molar refractivity (Wildman–Crippen MR) is 224 cm³/mol. The Morgan fingerprint density at radius 3 is 1.54 bits per heavy atom. The number of ether oxygens (including phenoxy) is 2. The van der Waals surface area contributed by atoms with Crippen LogP contribution in [0.5, 0.6) is 0 Å². The number of quaternary nitrogens is 1. The van der Waals surface area contributed by atoms with Gasteiger partial charge in [0.1, 0.15) is 19.8 Å². The highest BCUT2D eigenvalue weighted by molar-refractivity contribution is 7.47. The SMILES string of the molecule is CCCC/C=C/CCCCCCCCCCCC(=O)OC[C@H](COP(=O)(O)OCC[N+](C)(C)C)OC(=O)CCCCCCC/C=C/C=C/CCCCCC. The van der Waals surface area contributed by atoms with Gasteiger partial charge in [-0.3, -0.25) is 18.6 Å². The molecule has 2 atom stereocenters. The summed E-state index contributed by atoms with van der Waals surface area (Å²) in [5, 5.41) is 0. The maximum atomic E-state index is 12.7. The van der Waals surface area contributed by atoms with E-state index in [0.717, 1.165) is 57.8 Å². The summed E-state index contributed by atoms with van der Waals surface area (Å²) in [4.78, 5) is 35.3. The lowest BCUT2D eigenvalue weighted by Gasteiger charge is -2.24. The summed E-state index contributed by atoms with van der Waals surface area (Å²) in [5.41, 5.74) is 0. The van der Waals surface area contributed by atoms with E-state index in [1.165, 1.54) is 89.9 Å². The van der Waals surface area contributed by atoms with E-state index in [-0.39, 0.29) is 32.0 Å². The summed E-state index contributed by atoms with van der Waals surface area (Å²) in [6, 6.07) is 0. The van der Waals surface area contributed by atoms with Gasteiger partial charge in [-0.05, 0) is 57.8 Å². The predicted octanol–water partition coefficient (Wildman–Crippen LogP) is 12.1. The average molecular weight is 785 g/mol. The van der Waals surface area contributed by atoms with Crippen LogP contribution in [0.25, 0.3) is 0 Å². The van der Waals surface area contributed by atoms with Crippen molar-refractivity contribution < 1.29 is 42.1 Å². The first-order chi connectivity index (χ1) is 26.0. The van der Waals surface area contributed by atoms with E-state index >= 15 is 0 Å². The van der Waals surface area contributed by atoms with E-state index in [2.05, 4.69) is 50.3 Å². The van der Waals surface area contributed by atoms with Crippen LogP contribution in [-0.4, -0.2) is 74.9 Å². The fourth-order valence-electron chi connectivity index (χ4n) is 5.69. The summed E-state index contributed by atoms with van der Waals surface area (Å²) < 4.78 is 34.3. The van der Waals surface area contributed by atoms with Crippen molar-refractivity contribution in [1.82, 2.24) is 0 Å². The Bertz CT molecular complexity index is 1020. The van der Waals surface area contributed by atoms with Crippen LogP contribution in [0.2, 0.25) is 0 Å². The van der Waals surface area contributed by atoms with Gasteiger partial charge in [0, 0.05) is 12.8 Å². The third kappa shape index (κ3) is 39.9. The summed E-state index contributed by atoms with van der Waals surface area (Å²) in [5.74, 6) is -0.818. The van der Waals surface area contributed by atoms with Crippen LogP contribution in [-0.2, 0) is 32.7 Å². The fraction of sp³-hybridized carbons (Fsp3) is 0.818. The fourth-order valence-corrected chi connectivity index (χ4v) is 6.43. The average Bonchev–Trinajstić information content (AvgIpc) is 3.12. The molecule has 0 heterocycles. The minimum atomic E-state index is -4.38. The quantitative estimate of drug-likeness (QED) is 0.0164. The van der Waals surface area contributed by atoms with E-state index in [1.54, 1.807) is 0 Å². The van der Waals surface area contributed by atoms with Crippen molar-refractivity contribution in [3.8, 4) is 0 Å². The van der Waals surface area contributed by atoms with Gasteiger partial charge in [-0.15, -0.1) is 0 Å². The van der Waals surface area contributed by atoms with Crippen LogP contribution in [0.1, 0.15) is 181 Å². The zero-order valence-electron chi connectivity index (χ0n) is 35.5. The number of phosphoric acid groups is 1. The van der Waals surface area contributed by atoms with Gasteiger partial charge < -0.3 is 18.9 Å². The topological polar surface area (TPSA) is 108 Å². The van der Waals surface area contributed by atoms with Crippen molar-refractivity contribution in [3.05, 3.63) is 36.5 Å². The standard InChI is InChI=1S/C44H82NO8P/c1-6-8-10-12-14-16-18-20-22-24-26-28-30-32-34-36-43(46)50-40-42(41-52-54(48,49)51-39-38-45(3,4)5)53-44(47)37-35-33-31-29-27-25-23-21-19-17-15-13-11-9-7-2/h12,14,17,19,21,23,42H,6-11,13,15-16,18,20,22,24-41H2,1-5H3/p+1/b14-12+,19-17+,23-21+/t42-/m1/s1. The number of carbonyl (C=O) groups excluding carboxylic acids is 2. The van der Waals surface area contributed by atoms with E-state index < -0.39 is 26.5 Å². The van der Waals surface area contributed by atoms with Crippen molar-refractivity contribution in [2.24, 2.45) is 0 Å². The van der Waals surface area contributed by atoms with E-state index in [9.17, 15) is 19.0 Å². The molecular formula is C44H83NO8P+. The van der Waals surface area contributed by atoms with Gasteiger partial charge in [-0.1, -0.05) is 147 Å². The molecule has 0 aliphatic carbocycles. The highest BCUT2D eigenvalue weighted by Crippen LogP contribution is 2.43. The third-order valence-electron chi connectivity index (χ3n) is 9.17. The molecular weight excluding hydrogens is 701 g/mol. The normalized spacial score (nSPS) is 14.0. The molecule has 0 radical (unpaired) electrons. The maximum absolute atomic E-state index is 12.7. The lowest BCUT2D eigenvalue weighted by Crippen LogP contribution is -2.37. The Hall–Kier alpha value is -1.77. The minimum Gasteiger partial charge on any atom is -0.462 e. The van der Waals surface area contributed by atoms with E-state index in [1.807, 2.05) is 21.1 Å². The zero-order valence-corrected chi connectivity index (χ0v) is 36.3. The van der Waals surface area contributed by atoms with Crippen LogP contribution in [0.3, 0.4) is 0 Å². The molecule has 0 amide bonds. The Morgan fingerprint density at radius 2 is 1.02 bits per heavy atom. The molecule has 0 bridgehead atoms. The monoisotopic (exact) mass is 785 g/mol. The summed E-state index contributed by atoms with van der Waals surface area (Å²) >= 11 is 0. The number of likely N-dealkylation sites (N-methyl/N-ethyl adjacent to an activating group) is 1. The number of hydrogen-bond donors (Lipinski definition) is 1. The van der Waals surface area contributed by atoms with Gasteiger partial charge in [0.15, 0.2) is 6.10 Å². The molecule has 0 aromatic heterocycles. The van der Waals surface area contributed by atoms with Crippen LogP contribution >= 0.6 is 7.82 Å². The first-order valence-corrected chi connectivity index (χ1v) is 23.2. The summed E-state index contributed by atoms with van der Waals surface area (Å²) in [6.45, 7) is 4.35. The van der Waals surface area contributed by atoms with Gasteiger partial charge in [0.2, 0.25) is 0 Å². The molecule has 0 aromatic carbocycles. The second-order valence-corrected chi connectivity index (χ2v) is 17.2. The van der Waals surface area contributed by atoms with Crippen LogP contribution in [0, 0.1) is 0 Å². The molecule has 54 heavy (non-hydrogen) atoms. The number of phosphoric ester groups is 1. The van der Waals surface area contributed by atoms with Gasteiger partial charge in [0.25, 0.3) is 0 Å². The molecule has 9 nitrogen and oxygen atoms in total. The molecule has 0 spiro atoms. The van der Waals surface area contributed by atoms with Crippen molar-refractivity contribution >= 4 is 19.8 Å². The van der Waals surface area contributed by atoms with Crippen LogP contribution < -0.4 is 0 Å². The zero-order chi connectivity index (χ0) is 40.0. The Balaban J connectivity index is 4.39. The van der Waals surface area contributed by atoms with Gasteiger partial charge in [0.05, 0.1) is 27.7 Å². The Labute approximate surface area is 331 Å². The van der Waals surface area contributed by atoms with Gasteiger partial charge in [-0.2, -0.15) is 0 Å². The van der Waals surface area contributed by atoms with Crippen molar-refractivity contribution in [2.45, 2.75) is 187 Å². The molecule has 0 aliphatic heterocycles. The van der Waals surface area contributed by atoms with Gasteiger partial charge >= 0.3 is 19.8 Å². The molecule has 0 aliphatic rings. The molecule has 10 heteroatoms. The highest BCUT2D eigenvalue weighted by Gasteiger charge is 2.27. The van der Waals surface area contributed by atoms with E-state index in [0.29, 0.717) is 17.4 Å². The first-order valence-electron chi connectivity index (χ1n) is 21.7. The number of nitrogens with zero attached hydrogens (tertiary/aromatic N) is 1. The second-order valence-electron chi connectivity index (χ2n) is 15.8. The number of carbonyl (C=O) groups is 2. The number of unbranched alkanes of at least 4 members (excludes halogenated alkanes) is 20. The second kappa shape index (κ2) is 36.8. The largest absolute Gasteiger partial charge is 0.472 e. The van der Waals surface area contributed by atoms with E-state index in [4.69, 9.17) is 18.5 Å². The lowest BCUT2D eigenvalue weighted by atomic mass is 10.1. The Kier molecular flexibility index (Phi) is 35.6. The molecule has 0 rings (SSSR count). The van der Waals surface area contributed by atoms with Crippen molar-refractivity contribution in [2.75, 3.05) is 47.5 Å². The molecule has 0 fully saturated rings. The summed E-state index contributed by atoms with van der Waals surface area (Å²) in [6.07, 6.45) is 40.4. The summed E-state index contributed by atoms with van der Waals surface area (Å²) in [7, 11) is 1.46. The third-order valence-corrected chi connectivity index (χ3v) is 10.2. The van der Waals surface area contributed by atoms with Crippen LogP contribution in [0.4, 0.5) is 0 Å². The molecule has 1 N–H and O–H groups in total. The number of allylic oxidation sites excluding steroid dienone is 6. The molecule has 0 saturated heterocycles. The van der Waals surface area contributed by atoms with Crippen molar-refractivity contribution in [3.63, 3.8) is 0 Å². The number of esters is 2. The van der Waals surface area contributed by atoms with Gasteiger partial charge in [-0.25, -0.2) is 4.57 Å². The molecule has 0 saturated carbocycles. The smallest absolute Gasteiger partial charge is 0.462 e.